The quantitative estimate of drug-likeness (QED) is 0.168. The summed E-state index contributed by atoms with van der Waals surface area (Å²) in [6, 6.07) is 4.45. The van der Waals surface area contributed by atoms with Crippen LogP contribution in [0.2, 0.25) is 0 Å². The Balaban J connectivity index is 2.53. The summed E-state index contributed by atoms with van der Waals surface area (Å²) < 4.78 is 17.9. The van der Waals surface area contributed by atoms with Crippen molar-refractivity contribution in [2.24, 2.45) is 22.7 Å². The van der Waals surface area contributed by atoms with Crippen LogP contribution in [0.5, 0.6) is 11.5 Å². The van der Waals surface area contributed by atoms with Gasteiger partial charge in [-0.25, -0.2) is 0 Å². The first-order valence-electron chi connectivity index (χ1n) is 14.3. The van der Waals surface area contributed by atoms with E-state index in [1.807, 2.05) is 20.8 Å². The molecule has 1 aliphatic rings. The van der Waals surface area contributed by atoms with Crippen LogP contribution in [0, 0.1) is 22.7 Å². The van der Waals surface area contributed by atoms with Gasteiger partial charge < -0.3 is 14.2 Å². The van der Waals surface area contributed by atoms with Crippen molar-refractivity contribution in [3.8, 4) is 11.5 Å². The fourth-order valence-corrected chi connectivity index (χ4v) is 5.52. The molecule has 0 aliphatic heterocycles. The smallest absolute Gasteiger partial charge is 0.311 e. The number of hydrogen-bond donors (Lipinski definition) is 0. The first-order chi connectivity index (χ1) is 17.1. The standard InChI is InChI=1S/C33H54O4/c1-13-14-15-16-17-32(7,8)25-19-27(35-11)29(28(20-25)36-12)26-18-24(21-37-30(34)31(4,5)6)22(2)33(9,10)23(26)3/h18-20,22-23,26H,13-17,21H2,1-12H3/t22-,23+,26+/m1/s1. The molecule has 0 N–H and O–H groups in total. The van der Waals surface area contributed by atoms with E-state index in [1.54, 1.807) is 14.2 Å². The van der Waals surface area contributed by atoms with Gasteiger partial charge in [0.05, 0.1) is 19.6 Å². The average molecular weight is 515 g/mol. The summed E-state index contributed by atoms with van der Waals surface area (Å²) in [5.41, 5.74) is 3.00. The molecule has 2 rings (SSSR count). The molecule has 0 saturated carbocycles. The number of carbonyl (C=O) groups is 1. The zero-order valence-electron chi connectivity index (χ0n) is 25.8. The van der Waals surface area contributed by atoms with Gasteiger partial charge in [-0.2, -0.15) is 0 Å². The van der Waals surface area contributed by atoms with E-state index in [9.17, 15) is 4.79 Å². The van der Waals surface area contributed by atoms with E-state index in [-0.39, 0.29) is 28.6 Å². The Bertz CT molecular complexity index is 923. The van der Waals surface area contributed by atoms with Gasteiger partial charge in [-0.3, -0.25) is 4.79 Å². The monoisotopic (exact) mass is 514 g/mol. The maximum Gasteiger partial charge on any atom is 0.311 e. The fraction of sp³-hybridized carbons (Fsp3) is 0.727. The maximum atomic E-state index is 12.5. The molecule has 3 atom stereocenters. The van der Waals surface area contributed by atoms with Gasteiger partial charge in [0.1, 0.15) is 18.1 Å². The Kier molecular flexibility index (Phi) is 10.4. The number of hydrogen-bond acceptors (Lipinski definition) is 4. The van der Waals surface area contributed by atoms with Crippen molar-refractivity contribution in [3.05, 3.63) is 34.9 Å². The van der Waals surface area contributed by atoms with E-state index in [0.717, 1.165) is 29.1 Å². The molecule has 0 unspecified atom stereocenters. The van der Waals surface area contributed by atoms with Crippen molar-refractivity contribution in [1.29, 1.82) is 0 Å². The Morgan fingerprint density at radius 1 is 0.946 bits per heavy atom. The molecule has 1 aromatic rings. The zero-order chi connectivity index (χ0) is 28.2. The van der Waals surface area contributed by atoms with E-state index in [0.29, 0.717) is 12.5 Å². The lowest BCUT2D eigenvalue weighted by atomic mass is 9.58. The van der Waals surface area contributed by atoms with Crippen molar-refractivity contribution < 1.29 is 19.0 Å². The number of methoxy groups -OCH3 is 2. The molecule has 0 bridgehead atoms. The van der Waals surface area contributed by atoms with Crippen LogP contribution >= 0.6 is 0 Å². The third-order valence-corrected chi connectivity index (χ3v) is 9.07. The van der Waals surface area contributed by atoms with Gasteiger partial charge in [-0.1, -0.05) is 80.2 Å². The Morgan fingerprint density at radius 2 is 1.51 bits per heavy atom. The predicted octanol–water partition coefficient (Wildman–Crippen LogP) is 8.86. The molecule has 1 aromatic carbocycles. The topological polar surface area (TPSA) is 44.8 Å². The molecular weight excluding hydrogens is 460 g/mol. The molecule has 0 radical (unpaired) electrons. The number of rotatable bonds is 11. The number of ether oxygens (including phenoxy) is 3. The van der Waals surface area contributed by atoms with Crippen LogP contribution in [-0.4, -0.2) is 26.8 Å². The third kappa shape index (κ3) is 7.12. The highest BCUT2D eigenvalue weighted by atomic mass is 16.5. The summed E-state index contributed by atoms with van der Waals surface area (Å²) in [5, 5.41) is 0. The van der Waals surface area contributed by atoms with Gasteiger partial charge >= 0.3 is 5.97 Å². The molecule has 0 spiro atoms. The number of allylic oxidation sites excluding steroid dienone is 1. The van der Waals surface area contributed by atoms with Crippen LogP contribution in [0.25, 0.3) is 0 Å². The summed E-state index contributed by atoms with van der Waals surface area (Å²) in [6.07, 6.45) is 8.47. The number of carbonyl (C=O) groups excluding carboxylic acids is 1. The van der Waals surface area contributed by atoms with E-state index < -0.39 is 5.41 Å². The molecule has 0 amide bonds. The normalized spacial score (nSPS) is 21.8. The lowest BCUT2D eigenvalue weighted by Gasteiger charge is -2.47. The second-order valence-electron chi connectivity index (χ2n) is 13.4. The van der Waals surface area contributed by atoms with Crippen LogP contribution in [0.15, 0.2) is 23.8 Å². The Hall–Kier alpha value is -1.97. The largest absolute Gasteiger partial charge is 0.496 e. The second kappa shape index (κ2) is 12.3. The molecule has 4 nitrogen and oxygen atoms in total. The van der Waals surface area contributed by atoms with Gasteiger partial charge in [-0.15, -0.1) is 0 Å². The van der Waals surface area contributed by atoms with Crippen LogP contribution < -0.4 is 9.47 Å². The van der Waals surface area contributed by atoms with Gasteiger partial charge in [0, 0.05) is 11.5 Å². The van der Waals surface area contributed by atoms with Crippen molar-refractivity contribution in [3.63, 3.8) is 0 Å². The number of esters is 1. The molecule has 210 valence electrons. The highest BCUT2D eigenvalue weighted by Gasteiger charge is 2.44. The third-order valence-electron chi connectivity index (χ3n) is 9.07. The zero-order valence-corrected chi connectivity index (χ0v) is 25.8. The van der Waals surface area contributed by atoms with E-state index in [4.69, 9.17) is 14.2 Å². The minimum Gasteiger partial charge on any atom is -0.496 e. The molecule has 4 heteroatoms. The molecule has 0 aromatic heterocycles. The van der Waals surface area contributed by atoms with Crippen LogP contribution in [-0.2, 0) is 14.9 Å². The summed E-state index contributed by atoms with van der Waals surface area (Å²) in [4.78, 5) is 12.5. The minimum absolute atomic E-state index is 0.00384. The Labute approximate surface area is 227 Å². The van der Waals surface area contributed by atoms with E-state index >= 15 is 0 Å². The van der Waals surface area contributed by atoms with Crippen LogP contribution in [0.3, 0.4) is 0 Å². The summed E-state index contributed by atoms with van der Waals surface area (Å²) in [7, 11) is 3.51. The van der Waals surface area contributed by atoms with Crippen LogP contribution in [0.1, 0.15) is 118 Å². The van der Waals surface area contributed by atoms with Crippen molar-refractivity contribution in [2.45, 2.75) is 113 Å². The van der Waals surface area contributed by atoms with Gasteiger partial charge in [0.15, 0.2) is 0 Å². The van der Waals surface area contributed by atoms with Crippen molar-refractivity contribution >= 4 is 5.97 Å². The van der Waals surface area contributed by atoms with Gasteiger partial charge in [-0.05, 0) is 73.1 Å². The average Bonchev–Trinajstić information content (AvgIpc) is 2.83. The highest BCUT2D eigenvalue weighted by molar-refractivity contribution is 5.75. The fourth-order valence-electron chi connectivity index (χ4n) is 5.52. The number of benzene rings is 1. The lowest BCUT2D eigenvalue weighted by Crippen LogP contribution is -2.39. The van der Waals surface area contributed by atoms with E-state index in [1.165, 1.54) is 31.2 Å². The number of unbranched alkanes of at least 4 members (excludes halogenated alkanes) is 3. The highest BCUT2D eigenvalue weighted by Crippen LogP contribution is 2.54. The summed E-state index contributed by atoms with van der Waals surface area (Å²) >= 11 is 0. The molecule has 0 heterocycles. The minimum atomic E-state index is -0.522. The first-order valence-corrected chi connectivity index (χ1v) is 14.3. The van der Waals surface area contributed by atoms with Crippen LogP contribution in [0.4, 0.5) is 0 Å². The molecule has 1 aliphatic carbocycles. The Morgan fingerprint density at radius 3 is 2.00 bits per heavy atom. The lowest BCUT2D eigenvalue weighted by molar-refractivity contribution is -0.152. The molecule has 0 saturated heterocycles. The maximum absolute atomic E-state index is 12.5. The van der Waals surface area contributed by atoms with Crippen molar-refractivity contribution in [1.82, 2.24) is 0 Å². The predicted molar refractivity (Wildman–Crippen MR) is 155 cm³/mol. The van der Waals surface area contributed by atoms with Gasteiger partial charge in [0.2, 0.25) is 0 Å². The summed E-state index contributed by atoms with van der Waals surface area (Å²) in [5.74, 6) is 2.28. The second-order valence-corrected chi connectivity index (χ2v) is 13.4. The molecular formula is C33H54O4. The SMILES string of the molecule is CCCCCCC(C)(C)c1cc(OC)c([C@H]2C=C(COC(=O)C(C)(C)C)[C@@H](C)C(C)(C)[C@H]2C)c(OC)c1. The van der Waals surface area contributed by atoms with Gasteiger partial charge in [0.25, 0.3) is 0 Å². The van der Waals surface area contributed by atoms with Crippen molar-refractivity contribution in [2.75, 3.05) is 20.8 Å². The summed E-state index contributed by atoms with van der Waals surface area (Å²) in [6.45, 7) is 22.1. The van der Waals surface area contributed by atoms with E-state index in [2.05, 4.69) is 66.7 Å². The molecule has 37 heavy (non-hydrogen) atoms. The molecule has 0 fully saturated rings. The first kappa shape index (κ1) is 31.2.